The van der Waals surface area contributed by atoms with Crippen LogP contribution in [-0.2, 0) is 20.1 Å². The van der Waals surface area contributed by atoms with Crippen LogP contribution in [0.2, 0.25) is 19.6 Å². The van der Waals surface area contributed by atoms with E-state index < -0.39 is 8.07 Å². The number of benzene rings is 2. The maximum absolute atomic E-state index is 6.25. The summed E-state index contributed by atoms with van der Waals surface area (Å²) in [6, 6.07) is 19.5. The first-order valence-electron chi connectivity index (χ1n) is 7.83. The average molecular weight is 509 g/mol. The van der Waals surface area contributed by atoms with Gasteiger partial charge in [0.1, 0.15) is 11.2 Å². The molecule has 0 atom stereocenters. The SMILES string of the molecule is C[Si](C)(C)c1c(-c2[c-]cccc2)ncc2c1oc1ccccc12.[Ir]. The van der Waals surface area contributed by atoms with E-state index in [0.717, 1.165) is 33.2 Å². The van der Waals surface area contributed by atoms with Crippen LogP contribution in [0.25, 0.3) is 33.2 Å². The first-order chi connectivity index (χ1) is 11.1. The molecule has 2 aromatic heterocycles. The first-order valence-corrected chi connectivity index (χ1v) is 11.3. The molecule has 2 heterocycles. The Morgan fingerprint density at radius 3 is 2.42 bits per heavy atom. The number of nitrogens with zero attached hydrogens (tertiary/aromatic N) is 1. The molecule has 0 aliphatic rings. The largest absolute Gasteiger partial charge is 0.457 e. The fraction of sp³-hybridized carbons (Fsp3) is 0.150. The second-order valence-electron chi connectivity index (χ2n) is 6.85. The first kappa shape index (κ1) is 17.1. The van der Waals surface area contributed by atoms with Gasteiger partial charge in [0, 0.05) is 37.1 Å². The van der Waals surface area contributed by atoms with Crippen LogP contribution < -0.4 is 5.19 Å². The smallest absolute Gasteiger partial charge is 0.135 e. The summed E-state index contributed by atoms with van der Waals surface area (Å²) in [7, 11) is -1.66. The van der Waals surface area contributed by atoms with E-state index >= 15 is 0 Å². The van der Waals surface area contributed by atoms with Crippen LogP contribution in [0.4, 0.5) is 0 Å². The third kappa shape index (κ3) is 2.75. The summed E-state index contributed by atoms with van der Waals surface area (Å²) >= 11 is 0. The number of furan rings is 1. The topological polar surface area (TPSA) is 26.0 Å². The van der Waals surface area contributed by atoms with Gasteiger partial charge in [0.05, 0.1) is 8.07 Å². The van der Waals surface area contributed by atoms with Gasteiger partial charge in [-0.1, -0.05) is 37.8 Å². The van der Waals surface area contributed by atoms with E-state index in [2.05, 4.69) is 37.8 Å². The van der Waals surface area contributed by atoms with Crippen molar-refractivity contribution in [2.45, 2.75) is 19.6 Å². The number of fused-ring (bicyclic) bond motifs is 3. The number of pyridine rings is 1. The molecule has 4 aromatic rings. The molecular formula is C20H18IrNOSi-. The van der Waals surface area contributed by atoms with Crippen LogP contribution in [0, 0.1) is 6.07 Å². The minimum atomic E-state index is -1.66. The second kappa shape index (κ2) is 6.28. The van der Waals surface area contributed by atoms with Crippen molar-refractivity contribution in [1.82, 2.24) is 4.98 Å². The monoisotopic (exact) mass is 509 g/mol. The molecule has 0 amide bonds. The minimum Gasteiger partial charge on any atom is -0.457 e. The van der Waals surface area contributed by atoms with Crippen molar-refractivity contribution in [1.29, 1.82) is 0 Å². The molecule has 0 N–H and O–H groups in total. The number of hydrogen-bond donors (Lipinski definition) is 0. The van der Waals surface area contributed by atoms with Crippen molar-refractivity contribution in [3.63, 3.8) is 0 Å². The van der Waals surface area contributed by atoms with Crippen LogP contribution in [0.1, 0.15) is 0 Å². The third-order valence-electron chi connectivity index (χ3n) is 4.13. The molecule has 0 saturated carbocycles. The Morgan fingerprint density at radius 2 is 1.71 bits per heavy atom. The molecule has 4 rings (SSSR count). The Morgan fingerprint density at radius 1 is 0.958 bits per heavy atom. The molecule has 0 aliphatic heterocycles. The molecule has 0 unspecified atom stereocenters. The third-order valence-corrected chi connectivity index (χ3v) is 6.10. The van der Waals surface area contributed by atoms with Gasteiger partial charge in [0.25, 0.3) is 0 Å². The van der Waals surface area contributed by atoms with E-state index in [4.69, 9.17) is 9.40 Å². The zero-order valence-corrected chi connectivity index (χ0v) is 17.3. The van der Waals surface area contributed by atoms with Crippen molar-refractivity contribution >= 4 is 35.2 Å². The Kier molecular flexibility index (Phi) is 4.47. The predicted octanol–water partition coefficient (Wildman–Crippen LogP) is 4.99. The summed E-state index contributed by atoms with van der Waals surface area (Å²) in [6.07, 6.45) is 1.95. The van der Waals surface area contributed by atoms with Gasteiger partial charge in [-0.25, -0.2) is 0 Å². The molecular weight excluding hydrogens is 491 g/mol. The Labute approximate surface area is 156 Å². The molecule has 0 fully saturated rings. The van der Waals surface area contributed by atoms with E-state index in [1.165, 1.54) is 5.19 Å². The summed E-state index contributed by atoms with van der Waals surface area (Å²) in [5, 5.41) is 3.52. The summed E-state index contributed by atoms with van der Waals surface area (Å²) in [5.74, 6) is 0. The van der Waals surface area contributed by atoms with Crippen molar-refractivity contribution in [3.05, 3.63) is 60.8 Å². The Balaban J connectivity index is 0.00000169. The maximum Gasteiger partial charge on any atom is 0.135 e. The maximum atomic E-state index is 6.25. The van der Waals surface area contributed by atoms with E-state index in [1.54, 1.807) is 0 Å². The van der Waals surface area contributed by atoms with Gasteiger partial charge in [-0.2, -0.15) is 0 Å². The zero-order chi connectivity index (χ0) is 16.0. The quantitative estimate of drug-likeness (QED) is 0.282. The predicted molar refractivity (Wildman–Crippen MR) is 98.8 cm³/mol. The molecule has 4 heteroatoms. The zero-order valence-electron chi connectivity index (χ0n) is 13.9. The van der Waals surface area contributed by atoms with Crippen LogP contribution >= 0.6 is 0 Å². The summed E-state index contributed by atoms with van der Waals surface area (Å²) in [5.41, 5.74) is 3.97. The normalized spacial score (nSPS) is 11.6. The Bertz CT molecular complexity index is 1000. The molecule has 0 spiro atoms. The summed E-state index contributed by atoms with van der Waals surface area (Å²) in [6.45, 7) is 7.01. The molecule has 1 radical (unpaired) electrons. The second-order valence-corrected chi connectivity index (χ2v) is 11.8. The number of rotatable bonds is 2. The van der Waals surface area contributed by atoms with Crippen LogP contribution in [0.5, 0.6) is 0 Å². The van der Waals surface area contributed by atoms with Crippen molar-refractivity contribution in [2.24, 2.45) is 0 Å². The molecule has 0 bridgehead atoms. The summed E-state index contributed by atoms with van der Waals surface area (Å²) < 4.78 is 6.25. The van der Waals surface area contributed by atoms with Gasteiger partial charge >= 0.3 is 0 Å². The molecule has 24 heavy (non-hydrogen) atoms. The average Bonchev–Trinajstić information content (AvgIpc) is 2.92. The molecule has 123 valence electrons. The molecule has 0 aliphatic carbocycles. The molecule has 2 nitrogen and oxygen atoms in total. The number of hydrogen-bond acceptors (Lipinski definition) is 2. The molecule has 0 saturated heterocycles. The van der Waals surface area contributed by atoms with Crippen LogP contribution in [0.3, 0.4) is 0 Å². The standard InChI is InChI=1S/C20H18NOSi.Ir/c1-23(2,3)20-18(14-9-5-4-6-10-14)21-13-16-15-11-7-8-12-17(15)22-19(16)20;/h4-9,11-13H,1-3H3;/q-1;. The van der Waals surface area contributed by atoms with Crippen molar-refractivity contribution < 1.29 is 24.5 Å². The van der Waals surface area contributed by atoms with Crippen molar-refractivity contribution in [3.8, 4) is 11.3 Å². The van der Waals surface area contributed by atoms with E-state index in [-0.39, 0.29) is 20.1 Å². The van der Waals surface area contributed by atoms with E-state index in [1.807, 2.05) is 42.6 Å². The van der Waals surface area contributed by atoms with Gasteiger partial charge in [-0.15, -0.1) is 35.9 Å². The van der Waals surface area contributed by atoms with Gasteiger partial charge in [0.15, 0.2) is 0 Å². The fourth-order valence-electron chi connectivity index (χ4n) is 3.12. The van der Waals surface area contributed by atoms with Crippen molar-refractivity contribution in [2.75, 3.05) is 0 Å². The fourth-order valence-corrected chi connectivity index (χ4v) is 4.90. The van der Waals surface area contributed by atoms with Crippen LogP contribution in [0.15, 0.2) is 59.1 Å². The van der Waals surface area contributed by atoms with E-state index in [9.17, 15) is 0 Å². The van der Waals surface area contributed by atoms with Gasteiger partial charge in [-0.05, 0) is 16.9 Å². The number of para-hydroxylation sites is 1. The summed E-state index contributed by atoms with van der Waals surface area (Å²) in [4.78, 5) is 4.81. The molecule has 2 aromatic carbocycles. The van der Waals surface area contributed by atoms with E-state index in [0.29, 0.717) is 0 Å². The van der Waals surface area contributed by atoms with Crippen LogP contribution in [-0.4, -0.2) is 13.1 Å². The number of aromatic nitrogens is 1. The van der Waals surface area contributed by atoms with Gasteiger partial charge in [0.2, 0.25) is 0 Å². The van der Waals surface area contributed by atoms with Gasteiger partial charge < -0.3 is 9.40 Å². The Hall–Kier alpha value is -1.74. The van der Waals surface area contributed by atoms with Gasteiger partial charge in [-0.3, -0.25) is 0 Å². The minimum absolute atomic E-state index is 0.